The van der Waals surface area contributed by atoms with Crippen molar-refractivity contribution in [3.05, 3.63) is 76.2 Å². The number of ether oxygens (including phenoxy) is 1. The summed E-state index contributed by atoms with van der Waals surface area (Å²) < 4.78 is 33.4. The van der Waals surface area contributed by atoms with Crippen LogP contribution in [0.25, 0.3) is 0 Å². The van der Waals surface area contributed by atoms with Crippen LogP contribution >= 0.6 is 11.3 Å². The molecule has 0 saturated carbocycles. The fraction of sp³-hybridized carbons (Fsp3) is 0.280. The molecular weight excluding hydrogens is 472 g/mol. The molecule has 0 spiro atoms. The van der Waals surface area contributed by atoms with Gasteiger partial charge in [-0.2, -0.15) is 0 Å². The largest absolute Gasteiger partial charge is 0.462 e. The molecule has 1 atom stereocenters. The van der Waals surface area contributed by atoms with Gasteiger partial charge in [0.25, 0.3) is 15.9 Å². The van der Waals surface area contributed by atoms with Gasteiger partial charge in [0.2, 0.25) is 0 Å². The lowest BCUT2D eigenvalue weighted by Gasteiger charge is -2.18. The summed E-state index contributed by atoms with van der Waals surface area (Å²) in [4.78, 5) is 27.2. The maximum atomic E-state index is 13.3. The molecule has 178 valence electrons. The highest BCUT2D eigenvalue weighted by Gasteiger charge is 2.30. The van der Waals surface area contributed by atoms with Gasteiger partial charge in [-0.15, -0.1) is 11.3 Å². The van der Waals surface area contributed by atoms with Crippen molar-refractivity contribution >= 4 is 43.9 Å². The first-order valence-electron chi connectivity index (χ1n) is 11.1. The molecule has 9 heteroatoms. The monoisotopic (exact) mass is 498 g/mol. The Labute approximate surface area is 203 Å². The van der Waals surface area contributed by atoms with E-state index in [0.29, 0.717) is 16.5 Å². The van der Waals surface area contributed by atoms with Crippen molar-refractivity contribution in [3.8, 4) is 0 Å². The molecule has 2 N–H and O–H groups in total. The lowest BCUT2D eigenvalue weighted by atomic mass is 9.88. The molecule has 34 heavy (non-hydrogen) atoms. The minimum Gasteiger partial charge on any atom is -0.462 e. The van der Waals surface area contributed by atoms with Gasteiger partial charge in [0, 0.05) is 4.88 Å². The molecule has 2 aromatic carbocycles. The highest BCUT2D eigenvalue weighted by molar-refractivity contribution is 7.92. The third kappa shape index (κ3) is 5.00. The topological polar surface area (TPSA) is 102 Å². The van der Waals surface area contributed by atoms with Crippen LogP contribution in [0.2, 0.25) is 0 Å². The van der Waals surface area contributed by atoms with Crippen LogP contribution in [-0.2, 0) is 27.6 Å². The van der Waals surface area contributed by atoms with Gasteiger partial charge in [-0.1, -0.05) is 37.3 Å². The molecule has 0 radical (unpaired) electrons. The number of thiophene rings is 1. The zero-order valence-corrected chi connectivity index (χ0v) is 20.6. The Morgan fingerprint density at radius 1 is 1.09 bits per heavy atom. The molecular formula is C25H26N2O5S2. The van der Waals surface area contributed by atoms with Crippen LogP contribution in [0, 0.1) is 5.92 Å². The van der Waals surface area contributed by atoms with Crippen molar-refractivity contribution in [3.63, 3.8) is 0 Å². The minimum absolute atomic E-state index is 0.0925. The number of rotatable bonds is 7. The SMILES string of the molecule is CCOC(=O)c1c(NC(=O)c2ccccc2NS(=O)(=O)c2ccccc2)sc2c1CCC(C)C2. The van der Waals surface area contributed by atoms with E-state index in [0.717, 1.165) is 29.7 Å². The van der Waals surface area contributed by atoms with Crippen molar-refractivity contribution in [2.75, 3.05) is 16.6 Å². The van der Waals surface area contributed by atoms with E-state index in [9.17, 15) is 18.0 Å². The molecule has 1 heterocycles. The summed E-state index contributed by atoms with van der Waals surface area (Å²) in [6.07, 6.45) is 2.56. The molecule has 0 bridgehead atoms. The summed E-state index contributed by atoms with van der Waals surface area (Å²) in [5.74, 6) is -0.468. The third-order valence-corrected chi connectivity index (χ3v) is 8.24. The van der Waals surface area contributed by atoms with Gasteiger partial charge in [0.15, 0.2) is 0 Å². The summed E-state index contributed by atoms with van der Waals surface area (Å²) in [7, 11) is -3.88. The molecule has 1 aliphatic rings. The highest BCUT2D eigenvalue weighted by Crippen LogP contribution is 2.40. The first-order chi connectivity index (χ1) is 16.3. The lowest BCUT2D eigenvalue weighted by Crippen LogP contribution is -2.19. The quantitative estimate of drug-likeness (QED) is 0.441. The molecule has 4 rings (SSSR count). The fourth-order valence-electron chi connectivity index (χ4n) is 4.00. The van der Waals surface area contributed by atoms with E-state index in [1.54, 1.807) is 37.3 Å². The summed E-state index contributed by atoms with van der Waals surface area (Å²) in [5.41, 5.74) is 1.65. The predicted octanol–water partition coefficient (Wildman–Crippen LogP) is 5.10. The minimum atomic E-state index is -3.88. The number of hydrogen-bond acceptors (Lipinski definition) is 6. The zero-order chi connectivity index (χ0) is 24.3. The van der Waals surface area contributed by atoms with Gasteiger partial charge in [0.05, 0.1) is 28.3 Å². The van der Waals surface area contributed by atoms with E-state index in [2.05, 4.69) is 17.0 Å². The number of carbonyl (C=O) groups excluding carboxylic acids is 2. The van der Waals surface area contributed by atoms with E-state index in [4.69, 9.17) is 4.74 Å². The van der Waals surface area contributed by atoms with Gasteiger partial charge in [-0.3, -0.25) is 9.52 Å². The van der Waals surface area contributed by atoms with E-state index in [1.807, 2.05) is 0 Å². The van der Waals surface area contributed by atoms with Gasteiger partial charge < -0.3 is 10.1 Å². The molecule has 0 saturated heterocycles. The summed E-state index contributed by atoms with van der Waals surface area (Å²) in [6.45, 7) is 4.14. The van der Waals surface area contributed by atoms with Crippen LogP contribution in [0.3, 0.4) is 0 Å². The second-order valence-electron chi connectivity index (χ2n) is 8.19. The number of hydrogen-bond donors (Lipinski definition) is 2. The van der Waals surface area contributed by atoms with E-state index >= 15 is 0 Å². The normalized spacial score (nSPS) is 15.3. The number of amides is 1. The number of anilines is 2. The van der Waals surface area contributed by atoms with Crippen molar-refractivity contribution in [1.82, 2.24) is 0 Å². The Balaban J connectivity index is 1.65. The third-order valence-electron chi connectivity index (χ3n) is 5.69. The first-order valence-corrected chi connectivity index (χ1v) is 13.4. The molecule has 1 unspecified atom stereocenters. The predicted molar refractivity (Wildman–Crippen MR) is 133 cm³/mol. The Kier molecular flexibility index (Phi) is 7.04. The molecule has 1 amide bonds. The van der Waals surface area contributed by atoms with Gasteiger partial charge in [0.1, 0.15) is 5.00 Å². The highest BCUT2D eigenvalue weighted by atomic mass is 32.2. The number of benzene rings is 2. The smallest absolute Gasteiger partial charge is 0.341 e. The summed E-state index contributed by atoms with van der Waals surface area (Å²) >= 11 is 1.39. The fourth-order valence-corrected chi connectivity index (χ4v) is 6.50. The number of nitrogens with one attached hydrogen (secondary N) is 2. The Morgan fingerprint density at radius 3 is 2.53 bits per heavy atom. The van der Waals surface area contributed by atoms with Crippen LogP contribution in [-0.4, -0.2) is 26.9 Å². The average Bonchev–Trinajstić information content (AvgIpc) is 3.16. The standard InChI is InChI=1S/C25H26N2O5S2/c1-3-32-25(29)22-19-14-13-16(2)15-21(19)33-24(22)26-23(28)18-11-7-8-12-20(18)27-34(30,31)17-9-5-4-6-10-17/h4-12,16,27H,3,13-15H2,1-2H3,(H,26,28). The Morgan fingerprint density at radius 2 is 1.79 bits per heavy atom. The number of carbonyl (C=O) groups is 2. The van der Waals surface area contributed by atoms with E-state index < -0.39 is 21.9 Å². The van der Waals surface area contributed by atoms with Crippen LogP contribution in [0.15, 0.2) is 59.5 Å². The lowest BCUT2D eigenvalue weighted by molar-refractivity contribution is 0.0526. The molecule has 7 nitrogen and oxygen atoms in total. The first kappa shape index (κ1) is 24.0. The second kappa shape index (κ2) is 9.99. The van der Waals surface area contributed by atoms with Crippen molar-refractivity contribution in [2.45, 2.75) is 38.0 Å². The number of sulfonamides is 1. The van der Waals surface area contributed by atoms with E-state index in [-0.39, 0.29) is 22.8 Å². The van der Waals surface area contributed by atoms with Crippen LogP contribution in [0.4, 0.5) is 10.7 Å². The van der Waals surface area contributed by atoms with Gasteiger partial charge in [-0.05, 0) is 61.9 Å². The van der Waals surface area contributed by atoms with Crippen LogP contribution < -0.4 is 10.0 Å². The van der Waals surface area contributed by atoms with Crippen LogP contribution in [0.5, 0.6) is 0 Å². The Hall–Kier alpha value is -3.17. The average molecular weight is 499 g/mol. The molecule has 1 aromatic heterocycles. The summed E-state index contributed by atoms with van der Waals surface area (Å²) in [5, 5.41) is 3.28. The van der Waals surface area contributed by atoms with Crippen molar-refractivity contribution in [1.29, 1.82) is 0 Å². The maximum absolute atomic E-state index is 13.3. The number of fused-ring (bicyclic) bond motifs is 1. The molecule has 0 aliphatic heterocycles. The molecule has 3 aromatic rings. The molecule has 0 fully saturated rings. The second-order valence-corrected chi connectivity index (χ2v) is 11.0. The summed E-state index contributed by atoms with van der Waals surface area (Å²) in [6, 6.07) is 14.3. The van der Waals surface area contributed by atoms with Crippen molar-refractivity contribution < 1.29 is 22.7 Å². The molecule has 1 aliphatic carbocycles. The number of esters is 1. The Bertz CT molecular complexity index is 1320. The van der Waals surface area contributed by atoms with Crippen LogP contribution in [0.1, 0.15) is 51.4 Å². The van der Waals surface area contributed by atoms with Gasteiger partial charge >= 0.3 is 5.97 Å². The van der Waals surface area contributed by atoms with Gasteiger partial charge in [-0.25, -0.2) is 13.2 Å². The van der Waals surface area contributed by atoms with Crippen molar-refractivity contribution in [2.24, 2.45) is 5.92 Å². The zero-order valence-electron chi connectivity index (χ0n) is 19.0. The van der Waals surface area contributed by atoms with E-state index in [1.165, 1.54) is 35.6 Å². The maximum Gasteiger partial charge on any atom is 0.341 e. The number of para-hydroxylation sites is 1.